The first-order valence-corrected chi connectivity index (χ1v) is 4.25. The van der Waals surface area contributed by atoms with Gasteiger partial charge in [0.05, 0.1) is 12.7 Å². The summed E-state index contributed by atoms with van der Waals surface area (Å²) in [5.41, 5.74) is 0.858. The van der Waals surface area contributed by atoms with E-state index in [4.69, 9.17) is 9.84 Å². The van der Waals surface area contributed by atoms with Crippen LogP contribution < -0.4 is 4.74 Å². The lowest BCUT2D eigenvalue weighted by Gasteiger charge is -2.06. The summed E-state index contributed by atoms with van der Waals surface area (Å²) >= 11 is 0. The highest BCUT2D eigenvalue weighted by atomic mass is 16.5. The quantitative estimate of drug-likeness (QED) is 0.733. The van der Waals surface area contributed by atoms with Gasteiger partial charge in [0.1, 0.15) is 12.4 Å². The summed E-state index contributed by atoms with van der Waals surface area (Å²) in [5, 5.41) is 17.7. The van der Waals surface area contributed by atoms with Crippen molar-refractivity contribution in [3.63, 3.8) is 0 Å². The van der Waals surface area contributed by atoms with Crippen molar-refractivity contribution in [1.29, 1.82) is 0 Å². The van der Waals surface area contributed by atoms with Gasteiger partial charge in [-0.3, -0.25) is 0 Å². The van der Waals surface area contributed by atoms with E-state index in [9.17, 15) is 5.11 Å². The summed E-state index contributed by atoms with van der Waals surface area (Å²) in [6.45, 7) is 2.02. The number of benzene rings is 1. The molecule has 3 heteroatoms. The van der Waals surface area contributed by atoms with Crippen LogP contribution in [0.15, 0.2) is 24.3 Å². The molecule has 0 aliphatic heterocycles. The molecule has 0 bridgehead atoms. The summed E-state index contributed by atoms with van der Waals surface area (Å²) < 4.78 is 5.16. The van der Waals surface area contributed by atoms with Crippen molar-refractivity contribution < 1.29 is 14.9 Å². The van der Waals surface area contributed by atoms with E-state index in [1.54, 1.807) is 31.2 Å². The Morgan fingerprint density at radius 2 is 1.92 bits per heavy atom. The van der Waals surface area contributed by atoms with Crippen LogP contribution in [0.4, 0.5) is 0 Å². The van der Waals surface area contributed by atoms with E-state index in [-0.39, 0.29) is 6.61 Å². The van der Waals surface area contributed by atoms with Crippen molar-refractivity contribution in [1.82, 2.24) is 0 Å². The van der Waals surface area contributed by atoms with Crippen molar-refractivity contribution in [3.05, 3.63) is 29.8 Å². The standard InChI is InChI=1S/C10H14O3/c1-8(12)9-2-4-10(5-3-9)13-7-6-11/h2-5,8,11-12H,6-7H2,1H3. The van der Waals surface area contributed by atoms with E-state index in [0.29, 0.717) is 12.4 Å². The summed E-state index contributed by atoms with van der Waals surface area (Å²) in [5.74, 6) is 0.707. The van der Waals surface area contributed by atoms with E-state index in [2.05, 4.69) is 0 Å². The van der Waals surface area contributed by atoms with Gasteiger partial charge in [0.25, 0.3) is 0 Å². The number of aliphatic hydroxyl groups excluding tert-OH is 2. The van der Waals surface area contributed by atoms with Gasteiger partial charge in [-0.15, -0.1) is 0 Å². The molecule has 0 aliphatic carbocycles. The molecular weight excluding hydrogens is 168 g/mol. The lowest BCUT2D eigenvalue weighted by atomic mass is 10.1. The Morgan fingerprint density at radius 3 is 2.38 bits per heavy atom. The van der Waals surface area contributed by atoms with E-state index in [0.717, 1.165) is 5.56 Å². The summed E-state index contributed by atoms with van der Waals surface area (Å²) in [6.07, 6.45) is -0.452. The highest BCUT2D eigenvalue weighted by molar-refractivity contribution is 5.28. The molecular formula is C10H14O3. The molecule has 2 N–H and O–H groups in total. The second-order valence-corrected chi connectivity index (χ2v) is 2.82. The number of hydrogen-bond donors (Lipinski definition) is 2. The van der Waals surface area contributed by atoms with Crippen LogP contribution in [-0.2, 0) is 0 Å². The molecule has 1 rings (SSSR count). The number of aliphatic hydroxyl groups is 2. The Balaban J connectivity index is 2.59. The van der Waals surface area contributed by atoms with Crippen molar-refractivity contribution in [2.24, 2.45) is 0 Å². The second kappa shape index (κ2) is 4.84. The molecule has 0 fully saturated rings. The average Bonchev–Trinajstić information content (AvgIpc) is 2.15. The predicted octanol–water partition coefficient (Wildman–Crippen LogP) is 1.11. The van der Waals surface area contributed by atoms with Crippen molar-refractivity contribution in [2.45, 2.75) is 13.0 Å². The molecule has 1 aromatic carbocycles. The van der Waals surface area contributed by atoms with Crippen LogP contribution in [0.3, 0.4) is 0 Å². The Kier molecular flexibility index (Phi) is 3.73. The smallest absolute Gasteiger partial charge is 0.119 e. The molecule has 0 radical (unpaired) electrons. The Labute approximate surface area is 77.6 Å². The summed E-state index contributed by atoms with van der Waals surface area (Å²) in [4.78, 5) is 0. The number of rotatable bonds is 4. The molecule has 1 atom stereocenters. The van der Waals surface area contributed by atoms with E-state index in [1.165, 1.54) is 0 Å². The van der Waals surface area contributed by atoms with E-state index >= 15 is 0 Å². The van der Waals surface area contributed by atoms with Gasteiger partial charge in [-0.05, 0) is 24.6 Å². The molecule has 0 saturated carbocycles. The van der Waals surface area contributed by atoms with Crippen LogP contribution in [0.5, 0.6) is 5.75 Å². The van der Waals surface area contributed by atoms with Gasteiger partial charge in [0, 0.05) is 0 Å². The predicted molar refractivity (Wildman–Crippen MR) is 49.7 cm³/mol. The van der Waals surface area contributed by atoms with Crippen LogP contribution in [0.25, 0.3) is 0 Å². The molecule has 0 spiro atoms. The zero-order chi connectivity index (χ0) is 9.68. The van der Waals surface area contributed by atoms with Crippen LogP contribution in [0.1, 0.15) is 18.6 Å². The average molecular weight is 182 g/mol. The molecule has 3 nitrogen and oxygen atoms in total. The molecule has 72 valence electrons. The monoisotopic (exact) mass is 182 g/mol. The minimum atomic E-state index is -0.452. The lowest BCUT2D eigenvalue weighted by molar-refractivity contribution is 0.196. The molecule has 0 saturated heterocycles. The van der Waals surface area contributed by atoms with Crippen LogP contribution in [0.2, 0.25) is 0 Å². The largest absolute Gasteiger partial charge is 0.491 e. The Morgan fingerprint density at radius 1 is 1.31 bits per heavy atom. The van der Waals surface area contributed by atoms with Crippen molar-refractivity contribution in [2.75, 3.05) is 13.2 Å². The third-order valence-electron chi connectivity index (χ3n) is 1.72. The molecule has 1 aromatic rings. The topological polar surface area (TPSA) is 49.7 Å². The normalized spacial score (nSPS) is 12.5. The van der Waals surface area contributed by atoms with E-state index in [1.807, 2.05) is 0 Å². The number of hydrogen-bond acceptors (Lipinski definition) is 3. The zero-order valence-electron chi connectivity index (χ0n) is 7.60. The summed E-state index contributed by atoms with van der Waals surface area (Å²) in [7, 11) is 0. The number of ether oxygens (including phenoxy) is 1. The Hall–Kier alpha value is -1.06. The third kappa shape index (κ3) is 3.05. The lowest BCUT2D eigenvalue weighted by Crippen LogP contribution is -2.01. The van der Waals surface area contributed by atoms with Crippen LogP contribution in [0, 0.1) is 0 Å². The van der Waals surface area contributed by atoms with E-state index < -0.39 is 6.10 Å². The minimum absolute atomic E-state index is 0.0121. The van der Waals surface area contributed by atoms with Crippen LogP contribution in [-0.4, -0.2) is 23.4 Å². The first-order chi connectivity index (χ1) is 6.24. The highest BCUT2D eigenvalue weighted by Crippen LogP contribution is 2.16. The minimum Gasteiger partial charge on any atom is -0.491 e. The molecule has 0 aromatic heterocycles. The van der Waals surface area contributed by atoms with Gasteiger partial charge < -0.3 is 14.9 Å². The SMILES string of the molecule is CC(O)c1ccc(OCCO)cc1. The summed E-state index contributed by atoms with van der Waals surface area (Å²) in [6, 6.07) is 7.16. The van der Waals surface area contributed by atoms with Crippen LogP contribution >= 0.6 is 0 Å². The van der Waals surface area contributed by atoms with Gasteiger partial charge in [-0.2, -0.15) is 0 Å². The molecule has 0 heterocycles. The van der Waals surface area contributed by atoms with Gasteiger partial charge >= 0.3 is 0 Å². The maximum atomic E-state index is 9.21. The first-order valence-electron chi connectivity index (χ1n) is 4.25. The van der Waals surface area contributed by atoms with Gasteiger partial charge in [0.2, 0.25) is 0 Å². The third-order valence-corrected chi connectivity index (χ3v) is 1.72. The molecule has 13 heavy (non-hydrogen) atoms. The van der Waals surface area contributed by atoms with Gasteiger partial charge in [0.15, 0.2) is 0 Å². The first kappa shape index (κ1) is 10.0. The fraction of sp³-hybridized carbons (Fsp3) is 0.400. The second-order valence-electron chi connectivity index (χ2n) is 2.82. The molecule has 0 amide bonds. The fourth-order valence-corrected chi connectivity index (χ4v) is 1.01. The van der Waals surface area contributed by atoms with Gasteiger partial charge in [-0.1, -0.05) is 12.1 Å². The maximum absolute atomic E-state index is 9.21. The Bertz CT molecular complexity index is 241. The maximum Gasteiger partial charge on any atom is 0.119 e. The van der Waals surface area contributed by atoms with Crippen molar-refractivity contribution >= 4 is 0 Å². The van der Waals surface area contributed by atoms with Gasteiger partial charge in [-0.25, -0.2) is 0 Å². The van der Waals surface area contributed by atoms with Crippen molar-refractivity contribution in [3.8, 4) is 5.75 Å². The zero-order valence-corrected chi connectivity index (χ0v) is 7.60. The highest BCUT2D eigenvalue weighted by Gasteiger charge is 1.99. The molecule has 1 unspecified atom stereocenters. The fourth-order valence-electron chi connectivity index (χ4n) is 1.01. The molecule has 0 aliphatic rings.